The normalized spacial score (nSPS) is 10.9. The Bertz CT molecular complexity index is 1270. The van der Waals surface area contributed by atoms with E-state index in [4.69, 9.17) is 21.1 Å². The summed E-state index contributed by atoms with van der Waals surface area (Å²) in [5.41, 5.74) is 3.70. The minimum Gasteiger partial charge on any atom is -0.493 e. The van der Waals surface area contributed by atoms with Gasteiger partial charge in [-0.25, -0.2) is 9.50 Å². The van der Waals surface area contributed by atoms with Crippen LogP contribution in [0.1, 0.15) is 15.9 Å². The molecule has 7 nitrogen and oxygen atoms in total. The molecule has 1 amide bonds. The van der Waals surface area contributed by atoms with Gasteiger partial charge in [-0.3, -0.25) is 4.79 Å². The number of amides is 1. The fourth-order valence-corrected chi connectivity index (χ4v) is 3.74. The SMILES string of the molecule is COc1ccc(CCN(C)C(=O)c2cnn3c(-c4cccc(Cl)c4)ccnc23)cc1OC. The number of rotatable bonds is 7. The van der Waals surface area contributed by atoms with Crippen LogP contribution in [0, 0.1) is 0 Å². The number of hydrogen-bond donors (Lipinski definition) is 0. The number of aromatic nitrogens is 3. The number of methoxy groups -OCH3 is 2. The summed E-state index contributed by atoms with van der Waals surface area (Å²) in [7, 11) is 4.98. The monoisotopic (exact) mass is 450 g/mol. The van der Waals surface area contributed by atoms with Crippen molar-refractivity contribution in [1.82, 2.24) is 19.5 Å². The molecule has 2 aromatic carbocycles. The molecule has 0 saturated heterocycles. The van der Waals surface area contributed by atoms with E-state index in [0.717, 1.165) is 16.8 Å². The van der Waals surface area contributed by atoms with Crippen molar-refractivity contribution in [3.8, 4) is 22.8 Å². The number of halogens is 1. The van der Waals surface area contributed by atoms with E-state index >= 15 is 0 Å². The Labute approximate surface area is 191 Å². The van der Waals surface area contributed by atoms with Crippen LogP contribution in [0.2, 0.25) is 5.02 Å². The second-order valence-electron chi connectivity index (χ2n) is 7.30. The molecular formula is C24H23ClN4O3. The molecule has 0 bridgehead atoms. The molecule has 0 fully saturated rings. The van der Waals surface area contributed by atoms with Gasteiger partial charge < -0.3 is 14.4 Å². The molecular weight excluding hydrogens is 428 g/mol. The van der Waals surface area contributed by atoms with Gasteiger partial charge >= 0.3 is 0 Å². The molecule has 2 heterocycles. The minimum absolute atomic E-state index is 0.142. The summed E-state index contributed by atoms with van der Waals surface area (Å²) in [6.45, 7) is 0.527. The van der Waals surface area contributed by atoms with E-state index in [2.05, 4.69) is 10.1 Å². The van der Waals surface area contributed by atoms with Gasteiger partial charge in [0.05, 0.1) is 26.1 Å². The van der Waals surface area contributed by atoms with E-state index in [9.17, 15) is 4.79 Å². The molecule has 0 aliphatic heterocycles. The highest BCUT2D eigenvalue weighted by Crippen LogP contribution is 2.28. The first-order chi connectivity index (χ1) is 15.5. The number of hydrogen-bond acceptors (Lipinski definition) is 5. The van der Waals surface area contributed by atoms with Crippen molar-refractivity contribution >= 4 is 23.2 Å². The maximum atomic E-state index is 13.1. The van der Waals surface area contributed by atoms with Crippen molar-refractivity contribution in [3.63, 3.8) is 0 Å². The van der Waals surface area contributed by atoms with Crippen LogP contribution in [-0.4, -0.2) is 53.2 Å². The fourth-order valence-electron chi connectivity index (χ4n) is 3.55. The van der Waals surface area contributed by atoms with E-state index in [1.165, 1.54) is 0 Å². The summed E-state index contributed by atoms with van der Waals surface area (Å²) in [6, 6.07) is 15.1. The van der Waals surface area contributed by atoms with Gasteiger partial charge in [-0.1, -0.05) is 29.8 Å². The lowest BCUT2D eigenvalue weighted by atomic mass is 10.1. The summed E-state index contributed by atoms with van der Waals surface area (Å²) in [4.78, 5) is 19.2. The lowest BCUT2D eigenvalue weighted by Crippen LogP contribution is -2.28. The number of ether oxygens (including phenoxy) is 2. The highest BCUT2D eigenvalue weighted by atomic mass is 35.5. The van der Waals surface area contributed by atoms with Crippen LogP contribution in [0.15, 0.2) is 60.9 Å². The average Bonchev–Trinajstić information content (AvgIpc) is 3.26. The summed E-state index contributed by atoms with van der Waals surface area (Å²) >= 11 is 6.14. The topological polar surface area (TPSA) is 69.0 Å². The summed E-state index contributed by atoms with van der Waals surface area (Å²) in [5, 5.41) is 5.05. The second-order valence-corrected chi connectivity index (χ2v) is 7.74. The maximum absolute atomic E-state index is 13.1. The molecule has 0 aliphatic carbocycles. The third-order valence-electron chi connectivity index (χ3n) is 5.28. The van der Waals surface area contributed by atoms with E-state index in [-0.39, 0.29) is 5.91 Å². The lowest BCUT2D eigenvalue weighted by molar-refractivity contribution is 0.0798. The van der Waals surface area contributed by atoms with Gasteiger partial charge in [-0.15, -0.1) is 0 Å². The number of nitrogens with zero attached hydrogens (tertiary/aromatic N) is 4. The predicted molar refractivity (Wildman–Crippen MR) is 124 cm³/mol. The first-order valence-electron chi connectivity index (χ1n) is 10.1. The van der Waals surface area contributed by atoms with Gasteiger partial charge in [0.1, 0.15) is 5.56 Å². The van der Waals surface area contributed by atoms with E-state index < -0.39 is 0 Å². The van der Waals surface area contributed by atoms with Gasteiger partial charge in [0.25, 0.3) is 5.91 Å². The molecule has 164 valence electrons. The van der Waals surface area contributed by atoms with Gasteiger partial charge in [0, 0.05) is 30.4 Å². The number of fused-ring (bicyclic) bond motifs is 1. The van der Waals surface area contributed by atoms with Gasteiger partial charge in [-0.05, 0) is 42.3 Å². The second kappa shape index (κ2) is 9.28. The Hall–Kier alpha value is -3.58. The van der Waals surface area contributed by atoms with E-state index in [1.807, 2.05) is 48.5 Å². The third-order valence-corrected chi connectivity index (χ3v) is 5.52. The number of carbonyl (C=O) groups is 1. The molecule has 0 atom stereocenters. The summed E-state index contributed by atoms with van der Waals surface area (Å²) in [5.74, 6) is 1.20. The van der Waals surface area contributed by atoms with Gasteiger partial charge in [-0.2, -0.15) is 5.10 Å². The standard InChI is InChI=1S/C24H23ClN4O3/c1-28(12-10-16-7-8-21(31-2)22(13-16)32-3)24(30)19-15-27-29-20(9-11-26-23(19)29)17-5-4-6-18(25)14-17/h4-9,11,13-15H,10,12H2,1-3H3. The lowest BCUT2D eigenvalue weighted by Gasteiger charge is -2.17. The van der Waals surface area contributed by atoms with Crippen molar-refractivity contribution < 1.29 is 14.3 Å². The Balaban J connectivity index is 1.54. The van der Waals surface area contributed by atoms with Crippen LogP contribution in [-0.2, 0) is 6.42 Å². The van der Waals surface area contributed by atoms with Crippen molar-refractivity contribution in [2.45, 2.75) is 6.42 Å². The first kappa shape index (κ1) is 21.6. The summed E-state index contributed by atoms with van der Waals surface area (Å²) < 4.78 is 12.3. The zero-order valence-electron chi connectivity index (χ0n) is 18.1. The van der Waals surface area contributed by atoms with E-state index in [1.54, 1.807) is 43.1 Å². The smallest absolute Gasteiger partial charge is 0.259 e. The van der Waals surface area contributed by atoms with Gasteiger partial charge in [0.2, 0.25) is 0 Å². The Kier molecular flexibility index (Phi) is 6.28. The molecule has 2 aromatic heterocycles. The molecule has 8 heteroatoms. The van der Waals surface area contributed by atoms with Crippen LogP contribution in [0.3, 0.4) is 0 Å². The Morgan fingerprint density at radius 2 is 1.91 bits per heavy atom. The van der Waals surface area contributed by atoms with Crippen molar-refractivity contribution in [3.05, 3.63) is 77.1 Å². The Morgan fingerprint density at radius 1 is 1.09 bits per heavy atom. The molecule has 0 spiro atoms. The molecule has 0 unspecified atom stereocenters. The predicted octanol–water partition coefficient (Wildman–Crippen LogP) is 4.38. The minimum atomic E-state index is -0.142. The molecule has 0 N–H and O–H groups in total. The summed E-state index contributed by atoms with van der Waals surface area (Å²) in [6.07, 6.45) is 3.91. The number of carbonyl (C=O) groups excluding carboxylic acids is 1. The number of likely N-dealkylation sites (N-methyl/N-ethyl adjacent to an activating group) is 1. The Morgan fingerprint density at radius 3 is 2.66 bits per heavy atom. The maximum Gasteiger partial charge on any atom is 0.259 e. The zero-order valence-corrected chi connectivity index (χ0v) is 18.8. The van der Waals surface area contributed by atoms with E-state index in [0.29, 0.717) is 40.7 Å². The van der Waals surface area contributed by atoms with Crippen molar-refractivity contribution in [2.24, 2.45) is 0 Å². The van der Waals surface area contributed by atoms with Crippen LogP contribution in [0.25, 0.3) is 16.9 Å². The number of benzene rings is 2. The average molecular weight is 451 g/mol. The highest BCUT2D eigenvalue weighted by Gasteiger charge is 2.19. The molecule has 4 aromatic rings. The van der Waals surface area contributed by atoms with Crippen molar-refractivity contribution in [2.75, 3.05) is 27.8 Å². The van der Waals surface area contributed by atoms with Crippen LogP contribution in [0.5, 0.6) is 11.5 Å². The van der Waals surface area contributed by atoms with Crippen LogP contribution < -0.4 is 9.47 Å². The third kappa shape index (κ3) is 4.24. The van der Waals surface area contributed by atoms with Crippen molar-refractivity contribution in [1.29, 1.82) is 0 Å². The largest absolute Gasteiger partial charge is 0.493 e. The molecule has 0 radical (unpaired) electrons. The van der Waals surface area contributed by atoms with Crippen LogP contribution in [0.4, 0.5) is 0 Å². The molecule has 32 heavy (non-hydrogen) atoms. The van der Waals surface area contributed by atoms with Gasteiger partial charge in [0.15, 0.2) is 17.1 Å². The fraction of sp³-hybridized carbons (Fsp3) is 0.208. The highest BCUT2D eigenvalue weighted by molar-refractivity contribution is 6.30. The van der Waals surface area contributed by atoms with Crippen LogP contribution >= 0.6 is 11.6 Å². The molecule has 0 saturated carbocycles. The first-order valence-corrected chi connectivity index (χ1v) is 10.4. The molecule has 0 aliphatic rings. The molecule has 4 rings (SSSR count). The quantitative estimate of drug-likeness (QED) is 0.418. The zero-order chi connectivity index (χ0) is 22.7.